The maximum atomic E-state index is 5.95. The highest BCUT2D eigenvalue weighted by molar-refractivity contribution is 7.75. The lowest BCUT2D eigenvalue weighted by Gasteiger charge is -2.16. The number of para-hydroxylation sites is 1. The first-order chi connectivity index (χ1) is 8.35. The van der Waals surface area contributed by atoms with Crippen LogP contribution in [0.5, 0.6) is 5.75 Å². The lowest BCUT2D eigenvalue weighted by atomic mass is 9.93. The fourth-order valence-electron chi connectivity index (χ4n) is 2.13. The fourth-order valence-corrected chi connectivity index (χ4v) is 3.08. The summed E-state index contributed by atoms with van der Waals surface area (Å²) in [4.78, 5) is 0. The van der Waals surface area contributed by atoms with E-state index < -0.39 is 0 Å². The van der Waals surface area contributed by atoms with Crippen LogP contribution in [0.25, 0.3) is 0 Å². The van der Waals surface area contributed by atoms with Crippen LogP contribution >= 0.6 is 19.2 Å². The van der Waals surface area contributed by atoms with Crippen molar-refractivity contribution in [3.05, 3.63) is 48.1 Å². The van der Waals surface area contributed by atoms with Gasteiger partial charge < -0.3 is 4.74 Å². The number of allylic oxidation sites excluding steroid dienone is 4. The highest BCUT2D eigenvalue weighted by atomic mass is 35.7. The first-order valence-electron chi connectivity index (χ1n) is 5.71. The minimum atomic E-state index is 0.259. The SMILES string of the molecule is COc1c(CC2C=CC=CC2)cccc1PCl. The molecule has 0 amide bonds. The van der Waals surface area contributed by atoms with Crippen LogP contribution in [0.15, 0.2) is 42.5 Å². The average Bonchev–Trinajstić information content (AvgIpc) is 2.39. The molecule has 1 aromatic rings. The topological polar surface area (TPSA) is 9.23 Å². The second kappa shape index (κ2) is 6.23. The molecule has 0 aliphatic heterocycles. The van der Waals surface area contributed by atoms with Gasteiger partial charge in [0.25, 0.3) is 0 Å². The van der Waals surface area contributed by atoms with Gasteiger partial charge in [-0.2, -0.15) is 0 Å². The summed E-state index contributed by atoms with van der Waals surface area (Å²) in [6, 6.07) is 6.22. The number of halogens is 1. The lowest BCUT2D eigenvalue weighted by molar-refractivity contribution is 0.411. The third-order valence-corrected chi connectivity index (χ3v) is 4.16. The summed E-state index contributed by atoms with van der Waals surface area (Å²) in [5.41, 5.74) is 1.25. The first kappa shape index (κ1) is 12.7. The Morgan fingerprint density at radius 1 is 1.41 bits per heavy atom. The van der Waals surface area contributed by atoms with E-state index in [9.17, 15) is 0 Å². The molecule has 0 fully saturated rings. The van der Waals surface area contributed by atoms with Crippen LogP contribution in [0.4, 0.5) is 0 Å². The van der Waals surface area contributed by atoms with Crippen LogP contribution in [-0.4, -0.2) is 7.11 Å². The van der Waals surface area contributed by atoms with Gasteiger partial charge in [0, 0.05) is 13.2 Å². The van der Waals surface area contributed by atoms with Crippen molar-refractivity contribution < 1.29 is 4.74 Å². The molecule has 0 heterocycles. The Kier molecular flexibility index (Phi) is 4.65. The molecule has 2 atom stereocenters. The van der Waals surface area contributed by atoms with Gasteiger partial charge >= 0.3 is 0 Å². The van der Waals surface area contributed by atoms with Crippen molar-refractivity contribution >= 4 is 24.5 Å². The van der Waals surface area contributed by atoms with Gasteiger partial charge in [-0.1, -0.05) is 47.7 Å². The molecule has 2 unspecified atom stereocenters. The molecule has 1 nitrogen and oxygen atoms in total. The number of benzene rings is 1. The number of ether oxygens (including phenoxy) is 1. The van der Waals surface area contributed by atoms with Crippen molar-refractivity contribution in [1.29, 1.82) is 0 Å². The molecule has 1 aromatic carbocycles. The van der Waals surface area contributed by atoms with Gasteiger partial charge in [-0.05, 0) is 30.4 Å². The smallest absolute Gasteiger partial charge is 0.130 e. The molecular formula is C14H16ClOP. The van der Waals surface area contributed by atoms with Crippen molar-refractivity contribution in [2.24, 2.45) is 5.92 Å². The van der Waals surface area contributed by atoms with Gasteiger partial charge in [0.1, 0.15) is 5.75 Å². The summed E-state index contributed by atoms with van der Waals surface area (Å²) < 4.78 is 5.49. The minimum absolute atomic E-state index is 0.259. The molecule has 1 aliphatic rings. The average molecular weight is 267 g/mol. The number of rotatable bonds is 4. The summed E-state index contributed by atoms with van der Waals surface area (Å²) >= 11 is 5.95. The van der Waals surface area contributed by atoms with E-state index in [2.05, 4.69) is 36.4 Å². The number of hydrogen-bond acceptors (Lipinski definition) is 1. The van der Waals surface area contributed by atoms with Gasteiger partial charge in [0.15, 0.2) is 0 Å². The van der Waals surface area contributed by atoms with E-state index >= 15 is 0 Å². The molecule has 0 bridgehead atoms. The summed E-state index contributed by atoms with van der Waals surface area (Å²) in [7, 11) is 1.98. The molecule has 3 heteroatoms. The van der Waals surface area contributed by atoms with E-state index in [0.717, 1.165) is 23.9 Å². The van der Waals surface area contributed by atoms with Crippen LogP contribution in [0.2, 0.25) is 0 Å². The van der Waals surface area contributed by atoms with Crippen LogP contribution in [0.1, 0.15) is 12.0 Å². The van der Waals surface area contributed by atoms with Crippen molar-refractivity contribution in [2.45, 2.75) is 12.8 Å². The van der Waals surface area contributed by atoms with Gasteiger partial charge in [0.05, 0.1) is 7.11 Å². The van der Waals surface area contributed by atoms with Crippen LogP contribution in [0, 0.1) is 5.92 Å². The maximum absolute atomic E-state index is 5.95. The fraction of sp³-hybridized carbons (Fsp3) is 0.286. The van der Waals surface area contributed by atoms with E-state index in [0.29, 0.717) is 5.92 Å². The second-order valence-corrected chi connectivity index (χ2v) is 5.40. The Labute approximate surface area is 109 Å². The molecule has 0 saturated carbocycles. The second-order valence-electron chi connectivity index (χ2n) is 4.11. The third-order valence-electron chi connectivity index (χ3n) is 2.95. The normalized spacial score (nSPS) is 19.1. The predicted molar refractivity (Wildman–Crippen MR) is 76.9 cm³/mol. The number of hydrogen-bond donors (Lipinski definition) is 0. The molecule has 0 aromatic heterocycles. The molecule has 0 radical (unpaired) electrons. The highest BCUT2D eigenvalue weighted by Crippen LogP contribution is 2.29. The quantitative estimate of drug-likeness (QED) is 0.753. The van der Waals surface area contributed by atoms with Gasteiger partial charge in [-0.25, -0.2) is 0 Å². The summed E-state index contributed by atoms with van der Waals surface area (Å²) in [6.07, 6.45) is 10.8. The minimum Gasteiger partial charge on any atom is -0.496 e. The Morgan fingerprint density at radius 2 is 2.29 bits per heavy atom. The van der Waals surface area contributed by atoms with E-state index in [4.69, 9.17) is 16.0 Å². The van der Waals surface area contributed by atoms with Crippen molar-refractivity contribution in [3.63, 3.8) is 0 Å². The monoisotopic (exact) mass is 266 g/mol. The van der Waals surface area contributed by atoms with E-state index in [1.807, 2.05) is 6.07 Å². The Bertz CT molecular complexity index is 440. The highest BCUT2D eigenvalue weighted by Gasteiger charge is 2.13. The predicted octanol–water partition coefficient (Wildman–Crippen LogP) is 3.83. The third kappa shape index (κ3) is 3.12. The van der Waals surface area contributed by atoms with E-state index in [1.165, 1.54) is 5.56 Å². The zero-order valence-corrected chi connectivity index (χ0v) is 11.6. The van der Waals surface area contributed by atoms with Gasteiger partial charge in [0.2, 0.25) is 0 Å². The lowest BCUT2D eigenvalue weighted by Crippen LogP contribution is -2.08. The van der Waals surface area contributed by atoms with E-state index in [-0.39, 0.29) is 7.93 Å². The summed E-state index contributed by atoms with van der Waals surface area (Å²) in [5.74, 6) is 1.53. The molecule has 0 N–H and O–H groups in total. The van der Waals surface area contributed by atoms with Gasteiger partial charge in [-0.3, -0.25) is 0 Å². The van der Waals surface area contributed by atoms with Crippen molar-refractivity contribution in [1.82, 2.24) is 0 Å². The summed E-state index contributed by atoms with van der Waals surface area (Å²) in [6.45, 7) is 0. The van der Waals surface area contributed by atoms with Crippen LogP contribution < -0.4 is 10.0 Å². The Balaban J connectivity index is 2.20. The zero-order valence-electron chi connectivity index (χ0n) is 9.82. The maximum Gasteiger partial charge on any atom is 0.130 e. The first-order valence-corrected chi connectivity index (χ1v) is 7.72. The Hall–Kier alpha value is -0.780. The molecule has 0 saturated heterocycles. The molecule has 17 heavy (non-hydrogen) atoms. The van der Waals surface area contributed by atoms with Crippen LogP contribution in [0.3, 0.4) is 0 Å². The molecule has 1 aliphatic carbocycles. The van der Waals surface area contributed by atoms with E-state index in [1.54, 1.807) is 7.11 Å². The number of methoxy groups -OCH3 is 1. The van der Waals surface area contributed by atoms with Gasteiger partial charge in [-0.15, -0.1) is 0 Å². The molecule has 0 spiro atoms. The summed E-state index contributed by atoms with van der Waals surface area (Å²) in [5, 5.41) is 1.10. The molecule has 90 valence electrons. The van der Waals surface area contributed by atoms with Crippen molar-refractivity contribution in [3.8, 4) is 5.75 Å². The Morgan fingerprint density at radius 3 is 2.94 bits per heavy atom. The largest absolute Gasteiger partial charge is 0.496 e. The molecule has 2 rings (SSSR count). The standard InChI is InChI=1S/C14H16ClOP/c1-16-14-12(8-5-9-13(14)17-15)10-11-6-3-2-4-7-11/h2-6,8-9,11,17H,7,10H2,1H3. The molecular weight excluding hydrogens is 251 g/mol. The zero-order chi connectivity index (χ0) is 12.1. The van der Waals surface area contributed by atoms with Crippen LogP contribution in [-0.2, 0) is 6.42 Å². The van der Waals surface area contributed by atoms with Crippen molar-refractivity contribution in [2.75, 3.05) is 7.11 Å².